The van der Waals surface area contributed by atoms with Crippen LogP contribution in [0.2, 0.25) is 0 Å². The average molecular weight is 375 g/mol. The number of anilines is 2. The molecule has 0 spiro atoms. The van der Waals surface area contributed by atoms with E-state index in [1.807, 2.05) is 74.5 Å². The van der Waals surface area contributed by atoms with Gasteiger partial charge in [-0.2, -0.15) is 0 Å². The first-order valence-corrected chi connectivity index (χ1v) is 9.42. The Morgan fingerprint density at radius 3 is 2.32 bits per heavy atom. The van der Waals surface area contributed by atoms with Gasteiger partial charge in [-0.25, -0.2) is 4.98 Å². The van der Waals surface area contributed by atoms with Crippen LogP contribution >= 0.6 is 0 Å². The maximum absolute atomic E-state index is 12.2. The van der Waals surface area contributed by atoms with Gasteiger partial charge >= 0.3 is 0 Å². The summed E-state index contributed by atoms with van der Waals surface area (Å²) in [6.07, 6.45) is 2.60. The molecule has 5 nitrogen and oxygen atoms in total. The van der Waals surface area contributed by atoms with Crippen LogP contribution in [0.5, 0.6) is 5.75 Å². The van der Waals surface area contributed by atoms with Crippen molar-refractivity contribution in [3.63, 3.8) is 0 Å². The van der Waals surface area contributed by atoms with Crippen LogP contribution < -0.4 is 15.4 Å². The number of amides is 1. The number of aromatic nitrogens is 1. The van der Waals surface area contributed by atoms with Crippen LogP contribution in [0, 0.1) is 0 Å². The van der Waals surface area contributed by atoms with Crippen molar-refractivity contribution in [2.24, 2.45) is 0 Å². The fraction of sp³-hybridized carbons (Fsp3) is 0.217. The quantitative estimate of drug-likeness (QED) is 0.605. The van der Waals surface area contributed by atoms with Crippen molar-refractivity contribution in [3.05, 3.63) is 84.2 Å². The van der Waals surface area contributed by atoms with Crippen molar-refractivity contribution >= 4 is 17.3 Å². The molecule has 1 amide bonds. The minimum Gasteiger partial charge on any atom is -0.491 e. The minimum absolute atomic E-state index is 0.148. The van der Waals surface area contributed by atoms with Crippen molar-refractivity contribution in [2.75, 3.05) is 11.9 Å². The summed E-state index contributed by atoms with van der Waals surface area (Å²) < 4.78 is 5.64. The number of hydrogen-bond donors (Lipinski definition) is 2. The molecule has 0 bridgehead atoms. The smallest absolute Gasteiger partial charge is 0.269 e. The number of ether oxygens (including phenoxy) is 1. The summed E-state index contributed by atoms with van der Waals surface area (Å²) in [5.74, 6) is 0.666. The first-order chi connectivity index (χ1) is 13.6. The Hall–Kier alpha value is -3.34. The Balaban J connectivity index is 1.50. The molecule has 0 unspecified atom stereocenters. The third-order valence-corrected chi connectivity index (χ3v) is 4.05. The molecule has 3 aromatic rings. The van der Waals surface area contributed by atoms with Gasteiger partial charge in [-0.05, 0) is 62.2 Å². The van der Waals surface area contributed by atoms with E-state index in [1.54, 1.807) is 12.3 Å². The second-order valence-electron chi connectivity index (χ2n) is 6.74. The maximum atomic E-state index is 12.2. The van der Waals surface area contributed by atoms with Gasteiger partial charge in [0.05, 0.1) is 18.0 Å². The Bertz CT molecular complexity index is 876. The normalized spacial score (nSPS) is 10.5. The number of pyridine rings is 1. The lowest BCUT2D eigenvalue weighted by Gasteiger charge is -2.11. The largest absolute Gasteiger partial charge is 0.491 e. The molecule has 0 saturated heterocycles. The number of hydrogen-bond acceptors (Lipinski definition) is 4. The predicted octanol–water partition coefficient (Wildman–Crippen LogP) is 4.58. The van der Waals surface area contributed by atoms with Crippen LogP contribution in [0.3, 0.4) is 0 Å². The molecule has 144 valence electrons. The molecular weight excluding hydrogens is 350 g/mol. The lowest BCUT2D eigenvalue weighted by Crippen LogP contribution is -2.26. The van der Waals surface area contributed by atoms with Crippen molar-refractivity contribution in [2.45, 2.75) is 26.4 Å². The highest BCUT2D eigenvalue weighted by Gasteiger charge is 2.07. The molecule has 2 N–H and O–H groups in total. The van der Waals surface area contributed by atoms with Crippen molar-refractivity contribution in [3.8, 4) is 5.75 Å². The van der Waals surface area contributed by atoms with Gasteiger partial charge in [-0.15, -0.1) is 0 Å². The zero-order valence-electron chi connectivity index (χ0n) is 16.2. The number of benzene rings is 2. The molecule has 1 aromatic heterocycles. The van der Waals surface area contributed by atoms with E-state index in [2.05, 4.69) is 15.6 Å². The summed E-state index contributed by atoms with van der Waals surface area (Å²) in [5.41, 5.74) is 3.34. The first-order valence-electron chi connectivity index (χ1n) is 9.42. The predicted molar refractivity (Wildman–Crippen MR) is 112 cm³/mol. The molecule has 0 aliphatic rings. The van der Waals surface area contributed by atoms with Crippen LogP contribution in [0.15, 0.2) is 72.9 Å². The lowest BCUT2D eigenvalue weighted by atomic mass is 10.1. The van der Waals surface area contributed by atoms with Crippen molar-refractivity contribution in [1.82, 2.24) is 10.3 Å². The summed E-state index contributed by atoms with van der Waals surface area (Å²) in [6, 6.07) is 21.4. The van der Waals surface area contributed by atoms with Crippen LogP contribution in [0.4, 0.5) is 11.4 Å². The molecule has 2 aromatic carbocycles. The summed E-state index contributed by atoms with van der Waals surface area (Å²) in [5, 5.41) is 6.17. The third kappa shape index (κ3) is 5.84. The summed E-state index contributed by atoms with van der Waals surface area (Å²) in [4.78, 5) is 16.5. The van der Waals surface area contributed by atoms with Crippen LogP contribution in [0.25, 0.3) is 0 Å². The molecule has 1 heterocycles. The molecule has 0 aliphatic heterocycles. The van der Waals surface area contributed by atoms with Gasteiger partial charge < -0.3 is 15.4 Å². The number of nitrogens with one attached hydrogen (secondary N) is 2. The number of carbonyl (C=O) groups excluding carboxylic acids is 1. The number of rotatable bonds is 8. The highest BCUT2D eigenvalue weighted by atomic mass is 16.5. The van der Waals surface area contributed by atoms with E-state index in [9.17, 15) is 4.79 Å². The second kappa shape index (κ2) is 9.55. The highest BCUT2D eigenvalue weighted by molar-refractivity contribution is 5.92. The van der Waals surface area contributed by atoms with Crippen LogP contribution in [0.1, 0.15) is 29.9 Å². The number of nitrogens with zero attached hydrogens (tertiary/aromatic N) is 1. The zero-order valence-corrected chi connectivity index (χ0v) is 16.2. The fourth-order valence-electron chi connectivity index (χ4n) is 2.71. The second-order valence-corrected chi connectivity index (χ2v) is 6.74. The van der Waals surface area contributed by atoms with Gasteiger partial charge in [-0.1, -0.05) is 30.3 Å². The molecular formula is C23H25N3O2. The summed E-state index contributed by atoms with van der Waals surface area (Å²) >= 11 is 0. The number of carbonyl (C=O) groups is 1. The SMILES string of the molecule is CC(C)Oc1ccc(Nc2ccc(C(=O)NCCc3ccccc3)nc2)cc1. The lowest BCUT2D eigenvalue weighted by molar-refractivity contribution is 0.0949. The van der Waals surface area contributed by atoms with E-state index in [0.717, 1.165) is 23.5 Å². The van der Waals surface area contributed by atoms with Crippen molar-refractivity contribution < 1.29 is 9.53 Å². The van der Waals surface area contributed by atoms with Gasteiger partial charge in [0, 0.05) is 12.2 Å². The Labute approximate surface area is 165 Å². The average Bonchev–Trinajstić information content (AvgIpc) is 2.70. The van der Waals surface area contributed by atoms with E-state index in [4.69, 9.17) is 4.74 Å². The Morgan fingerprint density at radius 1 is 0.964 bits per heavy atom. The van der Waals surface area contributed by atoms with E-state index >= 15 is 0 Å². The van der Waals surface area contributed by atoms with E-state index in [1.165, 1.54) is 5.56 Å². The summed E-state index contributed by atoms with van der Waals surface area (Å²) in [6.45, 7) is 4.57. The molecule has 0 atom stereocenters. The molecule has 3 rings (SSSR count). The van der Waals surface area contributed by atoms with Gasteiger partial charge in [0.15, 0.2) is 0 Å². The molecule has 0 aliphatic carbocycles. The molecule has 0 radical (unpaired) electrons. The van der Waals surface area contributed by atoms with Gasteiger partial charge in [0.25, 0.3) is 5.91 Å². The summed E-state index contributed by atoms with van der Waals surface area (Å²) in [7, 11) is 0. The van der Waals surface area contributed by atoms with Crippen LogP contribution in [-0.4, -0.2) is 23.5 Å². The maximum Gasteiger partial charge on any atom is 0.269 e. The molecule has 5 heteroatoms. The Morgan fingerprint density at radius 2 is 1.68 bits per heavy atom. The van der Waals surface area contributed by atoms with Gasteiger partial charge in [-0.3, -0.25) is 4.79 Å². The Kier molecular flexibility index (Phi) is 6.63. The van der Waals surface area contributed by atoms with Crippen LogP contribution in [-0.2, 0) is 6.42 Å². The van der Waals surface area contributed by atoms with E-state index < -0.39 is 0 Å². The standard InChI is InChI=1S/C23H25N3O2/c1-17(2)28-21-11-8-19(9-12-21)26-20-10-13-22(25-16-20)23(27)24-15-14-18-6-4-3-5-7-18/h3-13,16-17,26H,14-15H2,1-2H3,(H,24,27). The van der Waals surface area contributed by atoms with Gasteiger partial charge in [0.2, 0.25) is 0 Å². The fourth-order valence-corrected chi connectivity index (χ4v) is 2.71. The molecule has 28 heavy (non-hydrogen) atoms. The molecule has 0 saturated carbocycles. The first kappa shape index (κ1) is 19.4. The minimum atomic E-state index is -0.169. The van der Waals surface area contributed by atoms with E-state index in [0.29, 0.717) is 12.2 Å². The van der Waals surface area contributed by atoms with Crippen molar-refractivity contribution in [1.29, 1.82) is 0 Å². The topological polar surface area (TPSA) is 63.2 Å². The third-order valence-electron chi connectivity index (χ3n) is 4.05. The van der Waals surface area contributed by atoms with Gasteiger partial charge in [0.1, 0.15) is 11.4 Å². The highest BCUT2D eigenvalue weighted by Crippen LogP contribution is 2.20. The molecule has 0 fully saturated rings. The monoisotopic (exact) mass is 375 g/mol. The van der Waals surface area contributed by atoms with E-state index in [-0.39, 0.29) is 12.0 Å². The zero-order chi connectivity index (χ0) is 19.8.